The smallest absolute Gasteiger partial charge is 0.387 e. The zero-order valence-corrected chi connectivity index (χ0v) is 11.6. The van der Waals surface area contributed by atoms with Gasteiger partial charge in [0.05, 0.1) is 6.61 Å². The molecular weight excluding hydrogens is 294 g/mol. The summed E-state index contributed by atoms with van der Waals surface area (Å²) in [5, 5.41) is 12.0. The van der Waals surface area contributed by atoms with Crippen LogP contribution in [0.3, 0.4) is 0 Å². The van der Waals surface area contributed by atoms with Gasteiger partial charge in [-0.1, -0.05) is 6.07 Å². The van der Waals surface area contributed by atoms with E-state index >= 15 is 0 Å². The Balaban J connectivity index is 2.90. The van der Waals surface area contributed by atoms with E-state index in [0.29, 0.717) is 5.56 Å². The van der Waals surface area contributed by atoms with E-state index in [-0.39, 0.29) is 24.7 Å². The fraction of sp³-hybridized carbons (Fsp3) is 0.538. The van der Waals surface area contributed by atoms with Crippen LogP contribution in [0.2, 0.25) is 0 Å². The number of halogens is 4. The molecule has 120 valence electrons. The van der Waals surface area contributed by atoms with Crippen LogP contribution >= 0.6 is 0 Å². The zero-order valence-electron chi connectivity index (χ0n) is 11.6. The standard InChI is InChI=1S/C13H17F4NO3/c1-13(2,7-19)18-6-8-3-4-9(20-11(14)15)5-10(8)21-12(16)17/h3-5,11-12,18-19H,6-7H2,1-2H3. The van der Waals surface area contributed by atoms with Crippen molar-refractivity contribution >= 4 is 0 Å². The second kappa shape index (κ2) is 7.46. The maximum absolute atomic E-state index is 12.4. The normalized spacial score (nSPS) is 12.0. The van der Waals surface area contributed by atoms with Gasteiger partial charge in [-0.15, -0.1) is 0 Å². The first-order chi connectivity index (χ1) is 9.73. The Morgan fingerprint density at radius 2 is 1.76 bits per heavy atom. The first kappa shape index (κ1) is 17.5. The number of nitrogens with one attached hydrogen (secondary N) is 1. The molecule has 0 unspecified atom stereocenters. The van der Waals surface area contributed by atoms with Crippen molar-refractivity contribution in [1.82, 2.24) is 5.32 Å². The topological polar surface area (TPSA) is 50.7 Å². The molecule has 0 saturated carbocycles. The van der Waals surface area contributed by atoms with Crippen LogP contribution in [0.5, 0.6) is 11.5 Å². The van der Waals surface area contributed by atoms with E-state index in [1.54, 1.807) is 13.8 Å². The van der Waals surface area contributed by atoms with E-state index in [4.69, 9.17) is 5.11 Å². The number of alkyl halides is 4. The minimum absolute atomic E-state index is 0.116. The summed E-state index contributed by atoms with van der Waals surface area (Å²) in [5.41, 5.74) is -0.293. The molecule has 0 spiro atoms. The van der Waals surface area contributed by atoms with E-state index < -0.39 is 18.8 Å². The average Bonchev–Trinajstić information content (AvgIpc) is 2.36. The van der Waals surface area contributed by atoms with Gasteiger partial charge >= 0.3 is 13.2 Å². The number of aliphatic hydroxyl groups excluding tert-OH is 1. The predicted molar refractivity (Wildman–Crippen MR) is 67.7 cm³/mol. The molecule has 21 heavy (non-hydrogen) atoms. The van der Waals surface area contributed by atoms with Gasteiger partial charge in [0, 0.05) is 23.7 Å². The molecule has 1 aromatic rings. The van der Waals surface area contributed by atoms with E-state index in [1.807, 2.05) is 0 Å². The summed E-state index contributed by atoms with van der Waals surface area (Å²) in [5.74, 6) is -0.532. The molecule has 0 bridgehead atoms. The second-order valence-corrected chi connectivity index (χ2v) is 4.92. The monoisotopic (exact) mass is 311 g/mol. The molecule has 1 rings (SSSR count). The number of ether oxygens (including phenoxy) is 2. The highest BCUT2D eigenvalue weighted by Crippen LogP contribution is 2.27. The molecule has 4 nitrogen and oxygen atoms in total. The molecular formula is C13H17F4NO3. The van der Waals surface area contributed by atoms with Crippen LogP contribution in [0.15, 0.2) is 18.2 Å². The lowest BCUT2D eigenvalue weighted by Gasteiger charge is -2.24. The van der Waals surface area contributed by atoms with Crippen molar-refractivity contribution in [3.63, 3.8) is 0 Å². The van der Waals surface area contributed by atoms with Crippen molar-refractivity contribution in [1.29, 1.82) is 0 Å². The highest BCUT2D eigenvalue weighted by molar-refractivity contribution is 5.41. The number of benzene rings is 1. The Morgan fingerprint density at radius 3 is 2.29 bits per heavy atom. The van der Waals surface area contributed by atoms with E-state index in [1.165, 1.54) is 12.1 Å². The van der Waals surface area contributed by atoms with Gasteiger partial charge in [0.15, 0.2) is 0 Å². The number of aliphatic hydroxyl groups is 1. The molecule has 0 atom stereocenters. The maximum Gasteiger partial charge on any atom is 0.387 e. The minimum Gasteiger partial charge on any atom is -0.435 e. The third kappa shape index (κ3) is 6.17. The van der Waals surface area contributed by atoms with Crippen LogP contribution in [-0.2, 0) is 6.54 Å². The number of hydrogen-bond donors (Lipinski definition) is 2. The summed E-state index contributed by atoms with van der Waals surface area (Å²) in [6.07, 6.45) is 0. The van der Waals surface area contributed by atoms with Crippen LogP contribution in [0, 0.1) is 0 Å². The molecule has 0 saturated heterocycles. The van der Waals surface area contributed by atoms with Gasteiger partial charge < -0.3 is 19.9 Å². The van der Waals surface area contributed by atoms with Gasteiger partial charge in [0.25, 0.3) is 0 Å². The minimum atomic E-state index is -3.09. The molecule has 0 amide bonds. The molecule has 0 heterocycles. The lowest BCUT2D eigenvalue weighted by molar-refractivity contribution is -0.0547. The molecule has 0 aliphatic rings. The Bertz CT molecular complexity index is 455. The SMILES string of the molecule is CC(C)(CO)NCc1ccc(OC(F)F)cc1OC(F)F. The average molecular weight is 311 g/mol. The summed E-state index contributed by atoms with van der Waals surface area (Å²) >= 11 is 0. The Labute approximate surface area is 119 Å². The lowest BCUT2D eigenvalue weighted by Crippen LogP contribution is -2.42. The van der Waals surface area contributed by atoms with Crippen LogP contribution in [-0.4, -0.2) is 30.5 Å². The van der Waals surface area contributed by atoms with Crippen molar-refractivity contribution in [2.45, 2.75) is 39.2 Å². The van der Waals surface area contributed by atoms with Crippen LogP contribution in [0.25, 0.3) is 0 Å². The Kier molecular flexibility index (Phi) is 6.22. The summed E-state index contributed by atoms with van der Waals surface area (Å²) in [4.78, 5) is 0. The van der Waals surface area contributed by atoms with E-state index in [2.05, 4.69) is 14.8 Å². The fourth-order valence-corrected chi connectivity index (χ4v) is 1.45. The second-order valence-electron chi connectivity index (χ2n) is 4.92. The van der Waals surface area contributed by atoms with Crippen molar-refractivity contribution in [3.05, 3.63) is 23.8 Å². The van der Waals surface area contributed by atoms with Gasteiger partial charge in [-0.05, 0) is 19.9 Å². The van der Waals surface area contributed by atoms with E-state index in [0.717, 1.165) is 6.07 Å². The molecule has 0 fully saturated rings. The molecule has 0 aliphatic carbocycles. The predicted octanol–water partition coefficient (Wildman–Crippen LogP) is 2.75. The number of hydrogen-bond acceptors (Lipinski definition) is 4. The largest absolute Gasteiger partial charge is 0.435 e. The molecule has 0 aromatic heterocycles. The highest BCUT2D eigenvalue weighted by Gasteiger charge is 2.18. The van der Waals surface area contributed by atoms with Crippen molar-refractivity contribution < 1.29 is 32.1 Å². The van der Waals surface area contributed by atoms with E-state index in [9.17, 15) is 17.6 Å². The quantitative estimate of drug-likeness (QED) is 0.725. The van der Waals surface area contributed by atoms with Crippen LogP contribution < -0.4 is 14.8 Å². The first-order valence-corrected chi connectivity index (χ1v) is 6.12. The molecule has 1 aromatic carbocycles. The van der Waals surface area contributed by atoms with Gasteiger partial charge in [0.2, 0.25) is 0 Å². The van der Waals surface area contributed by atoms with Crippen LogP contribution in [0.4, 0.5) is 17.6 Å². The van der Waals surface area contributed by atoms with Gasteiger partial charge in [-0.25, -0.2) is 0 Å². The third-order valence-electron chi connectivity index (χ3n) is 2.63. The lowest BCUT2D eigenvalue weighted by atomic mass is 10.1. The fourth-order valence-electron chi connectivity index (χ4n) is 1.45. The Hall–Kier alpha value is -1.54. The van der Waals surface area contributed by atoms with Crippen molar-refractivity contribution in [3.8, 4) is 11.5 Å². The summed E-state index contributed by atoms with van der Waals surface area (Å²) < 4.78 is 57.4. The molecule has 0 aliphatic heterocycles. The molecule has 2 N–H and O–H groups in total. The van der Waals surface area contributed by atoms with Crippen LogP contribution in [0.1, 0.15) is 19.4 Å². The van der Waals surface area contributed by atoms with Gasteiger partial charge in [0.1, 0.15) is 11.5 Å². The zero-order chi connectivity index (χ0) is 16.0. The first-order valence-electron chi connectivity index (χ1n) is 6.12. The molecule has 8 heteroatoms. The number of rotatable bonds is 8. The maximum atomic E-state index is 12.4. The summed E-state index contributed by atoms with van der Waals surface area (Å²) in [6, 6.07) is 3.55. The van der Waals surface area contributed by atoms with Crippen molar-refractivity contribution in [2.75, 3.05) is 6.61 Å². The van der Waals surface area contributed by atoms with Gasteiger partial charge in [-0.2, -0.15) is 17.6 Å². The molecule has 0 radical (unpaired) electrons. The summed E-state index contributed by atoms with van der Waals surface area (Å²) in [7, 11) is 0. The Morgan fingerprint density at radius 1 is 1.14 bits per heavy atom. The summed E-state index contributed by atoms with van der Waals surface area (Å²) in [6.45, 7) is -2.75. The highest BCUT2D eigenvalue weighted by atomic mass is 19.3. The van der Waals surface area contributed by atoms with Gasteiger partial charge in [-0.3, -0.25) is 0 Å². The van der Waals surface area contributed by atoms with Crippen molar-refractivity contribution in [2.24, 2.45) is 0 Å². The third-order valence-corrected chi connectivity index (χ3v) is 2.63.